The predicted octanol–water partition coefficient (Wildman–Crippen LogP) is 3.63. The summed E-state index contributed by atoms with van der Waals surface area (Å²) in [6, 6.07) is 5.87. The molecule has 20 heavy (non-hydrogen) atoms. The summed E-state index contributed by atoms with van der Waals surface area (Å²) in [6.45, 7) is 7.98. The summed E-state index contributed by atoms with van der Waals surface area (Å²) >= 11 is 0. The van der Waals surface area contributed by atoms with Crippen LogP contribution in [0.3, 0.4) is 0 Å². The topological polar surface area (TPSA) is 58.4 Å². The van der Waals surface area contributed by atoms with Gasteiger partial charge < -0.3 is 16.0 Å². The molecule has 3 N–H and O–H groups in total. The molecule has 0 heterocycles. The zero-order valence-corrected chi connectivity index (χ0v) is 12.9. The van der Waals surface area contributed by atoms with E-state index in [1.807, 2.05) is 18.2 Å². The number of hydrogen-bond acceptors (Lipinski definition) is 3. The number of rotatable bonds is 8. The van der Waals surface area contributed by atoms with Crippen molar-refractivity contribution in [3.8, 4) is 0 Å². The van der Waals surface area contributed by atoms with Crippen molar-refractivity contribution in [3.63, 3.8) is 0 Å². The van der Waals surface area contributed by atoms with E-state index in [1.165, 1.54) is 32.6 Å². The average Bonchev–Trinajstić information content (AvgIpc) is 2.41. The van der Waals surface area contributed by atoms with Crippen LogP contribution in [0.5, 0.6) is 0 Å². The minimum atomic E-state index is -0.0949. The second-order valence-corrected chi connectivity index (χ2v) is 5.15. The van der Waals surface area contributed by atoms with Gasteiger partial charge in [-0.25, -0.2) is 0 Å². The van der Waals surface area contributed by atoms with E-state index in [1.54, 1.807) is 0 Å². The highest BCUT2D eigenvalue weighted by Crippen LogP contribution is 2.26. The van der Waals surface area contributed by atoms with E-state index in [4.69, 9.17) is 5.73 Å². The molecule has 0 spiro atoms. The molecule has 1 rings (SSSR count). The van der Waals surface area contributed by atoms with Crippen molar-refractivity contribution in [1.82, 2.24) is 0 Å². The summed E-state index contributed by atoms with van der Waals surface area (Å²) in [5.74, 6) is -0.0949. The zero-order chi connectivity index (χ0) is 15.0. The molecule has 1 aromatic rings. The van der Waals surface area contributed by atoms with E-state index >= 15 is 0 Å². The Morgan fingerprint density at radius 1 is 1.20 bits per heavy atom. The molecule has 0 saturated heterocycles. The highest BCUT2D eigenvalue weighted by molar-refractivity contribution is 5.93. The molecule has 0 saturated carbocycles. The lowest BCUT2D eigenvalue weighted by molar-refractivity contribution is -0.114. The van der Waals surface area contributed by atoms with Gasteiger partial charge in [0.1, 0.15) is 0 Å². The van der Waals surface area contributed by atoms with Crippen molar-refractivity contribution < 1.29 is 4.79 Å². The van der Waals surface area contributed by atoms with Crippen molar-refractivity contribution in [3.05, 3.63) is 18.2 Å². The van der Waals surface area contributed by atoms with Gasteiger partial charge in [-0.05, 0) is 31.0 Å². The number of nitrogens with zero attached hydrogens (tertiary/aromatic N) is 1. The van der Waals surface area contributed by atoms with Gasteiger partial charge in [-0.15, -0.1) is 0 Å². The van der Waals surface area contributed by atoms with Crippen LogP contribution in [-0.4, -0.2) is 19.0 Å². The van der Waals surface area contributed by atoms with E-state index in [2.05, 4.69) is 24.1 Å². The van der Waals surface area contributed by atoms with Crippen LogP contribution >= 0.6 is 0 Å². The van der Waals surface area contributed by atoms with Crippen molar-refractivity contribution in [2.24, 2.45) is 0 Å². The third-order valence-electron chi connectivity index (χ3n) is 3.28. The van der Waals surface area contributed by atoms with Gasteiger partial charge >= 0.3 is 0 Å². The van der Waals surface area contributed by atoms with Crippen LogP contribution in [0, 0.1) is 0 Å². The fourth-order valence-corrected chi connectivity index (χ4v) is 2.11. The number of carbonyl (C=O) groups excluding carboxylic acids is 1. The quantitative estimate of drug-likeness (QED) is 0.713. The molecule has 4 heteroatoms. The normalized spacial score (nSPS) is 10.3. The minimum Gasteiger partial charge on any atom is -0.397 e. The highest BCUT2D eigenvalue weighted by atomic mass is 16.1. The molecule has 1 aromatic carbocycles. The number of nitrogen functional groups attached to an aromatic ring is 1. The molecule has 0 fully saturated rings. The Morgan fingerprint density at radius 3 is 2.30 bits per heavy atom. The number of anilines is 3. The number of nitrogens with two attached hydrogens (primary N) is 1. The van der Waals surface area contributed by atoms with Gasteiger partial charge in [0.2, 0.25) is 5.91 Å². The van der Waals surface area contributed by atoms with E-state index in [0.29, 0.717) is 11.4 Å². The Labute approximate surface area is 122 Å². The van der Waals surface area contributed by atoms with Crippen LogP contribution in [0.4, 0.5) is 17.1 Å². The number of nitrogens with one attached hydrogen (secondary N) is 1. The van der Waals surface area contributed by atoms with Gasteiger partial charge in [-0.2, -0.15) is 0 Å². The molecule has 1 amide bonds. The number of hydrogen-bond donors (Lipinski definition) is 2. The third kappa shape index (κ3) is 5.11. The van der Waals surface area contributed by atoms with Crippen LogP contribution in [0.1, 0.15) is 46.5 Å². The Bertz CT molecular complexity index is 424. The summed E-state index contributed by atoms with van der Waals surface area (Å²) in [7, 11) is 0. The summed E-state index contributed by atoms with van der Waals surface area (Å²) in [6.07, 6.45) is 4.69. The van der Waals surface area contributed by atoms with Gasteiger partial charge in [0.25, 0.3) is 0 Å². The van der Waals surface area contributed by atoms with E-state index in [-0.39, 0.29) is 5.91 Å². The second kappa shape index (κ2) is 8.46. The smallest absolute Gasteiger partial charge is 0.221 e. The number of benzene rings is 1. The molecule has 0 aromatic heterocycles. The molecule has 0 bridgehead atoms. The first-order valence-electron chi connectivity index (χ1n) is 7.50. The summed E-state index contributed by atoms with van der Waals surface area (Å²) < 4.78 is 0. The molecule has 4 nitrogen and oxygen atoms in total. The van der Waals surface area contributed by atoms with Crippen molar-refractivity contribution in [2.75, 3.05) is 29.0 Å². The van der Waals surface area contributed by atoms with Gasteiger partial charge in [0, 0.05) is 25.7 Å². The molecule has 0 aliphatic rings. The van der Waals surface area contributed by atoms with Crippen LogP contribution in [0.25, 0.3) is 0 Å². The lowest BCUT2D eigenvalue weighted by Crippen LogP contribution is -2.25. The SMILES string of the molecule is CCCCN(CCCC)c1ccc(N)c(NC(C)=O)c1. The fraction of sp³-hybridized carbons (Fsp3) is 0.562. The fourth-order valence-electron chi connectivity index (χ4n) is 2.11. The summed E-state index contributed by atoms with van der Waals surface area (Å²) in [4.78, 5) is 13.6. The molecular weight excluding hydrogens is 250 g/mol. The predicted molar refractivity (Wildman–Crippen MR) is 87.2 cm³/mol. The lowest BCUT2D eigenvalue weighted by atomic mass is 10.2. The molecule has 0 radical (unpaired) electrons. The van der Waals surface area contributed by atoms with Crippen LogP contribution in [0.2, 0.25) is 0 Å². The van der Waals surface area contributed by atoms with Crippen LogP contribution in [-0.2, 0) is 4.79 Å². The van der Waals surface area contributed by atoms with Crippen molar-refractivity contribution in [1.29, 1.82) is 0 Å². The first-order valence-corrected chi connectivity index (χ1v) is 7.50. The molecule has 0 atom stereocenters. The molecular formula is C16H27N3O. The number of amides is 1. The maximum atomic E-state index is 11.2. The van der Waals surface area contributed by atoms with Crippen molar-refractivity contribution >= 4 is 23.0 Å². The lowest BCUT2D eigenvalue weighted by Gasteiger charge is -2.25. The molecule has 112 valence electrons. The van der Waals surface area contributed by atoms with Gasteiger partial charge in [0.05, 0.1) is 11.4 Å². The van der Waals surface area contributed by atoms with Crippen molar-refractivity contribution in [2.45, 2.75) is 46.5 Å². The second-order valence-electron chi connectivity index (χ2n) is 5.15. The Morgan fingerprint density at radius 2 is 1.80 bits per heavy atom. The van der Waals surface area contributed by atoms with Gasteiger partial charge in [-0.3, -0.25) is 4.79 Å². The monoisotopic (exact) mass is 277 g/mol. The zero-order valence-electron chi connectivity index (χ0n) is 12.9. The number of carbonyl (C=O) groups is 1. The molecule has 0 unspecified atom stereocenters. The van der Waals surface area contributed by atoms with E-state index in [9.17, 15) is 4.79 Å². The largest absolute Gasteiger partial charge is 0.397 e. The summed E-state index contributed by atoms with van der Waals surface area (Å²) in [5.41, 5.74) is 8.34. The standard InChI is InChI=1S/C16H27N3O/c1-4-6-10-19(11-7-5-2)14-8-9-15(17)16(12-14)18-13(3)20/h8-9,12H,4-7,10-11,17H2,1-3H3,(H,18,20). The highest BCUT2D eigenvalue weighted by Gasteiger charge is 2.09. The van der Waals surface area contributed by atoms with E-state index in [0.717, 1.165) is 18.8 Å². The van der Waals surface area contributed by atoms with E-state index < -0.39 is 0 Å². The summed E-state index contributed by atoms with van der Waals surface area (Å²) in [5, 5.41) is 2.79. The van der Waals surface area contributed by atoms with Crippen LogP contribution < -0.4 is 16.0 Å². The molecule has 0 aliphatic heterocycles. The van der Waals surface area contributed by atoms with Gasteiger partial charge in [0.15, 0.2) is 0 Å². The third-order valence-corrected chi connectivity index (χ3v) is 3.28. The van der Waals surface area contributed by atoms with Crippen LogP contribution in [0.15, 0.2) is 18.2 Å². The average molecular weight is 277 g/mol. The molecule has 0 aliphatic carbocycles. The maximum absolute atomic E-state index is 11.2. The maximum Gasteiger partial charge on any atom is 0.221 e. The number of unbranched alkanes of at least 4 members (excludes halogenated alkanes) is 2. The minimum absolute atomic E-state index is 0.0949. The first kappa shape index (κ1) is 16.3. The Hall–Kier alpha value is -1.71. The Kier molecular flexibility index (Phi) is 6.91. The first-order chi connectivity index (χ1) is 9.58. The Balaban J connectivity index is 2.90. The van der Waals surface area contributed by atoms with Gasteiger partial charge in [-0.1, -0.05) is 26.7 Å².